The van der Waals surface area contributed by atoms with E-state index in [1.54, 1.807) is 24.3 Å². The molecule has 1 aromatic heterocycles. The van der Waals surface area contributed by atoms with Crippen LogP contribution in [-0.2, 0) is 0 Å². The summed E-state index contributed by atoms with van der Waals surface area (Å²) in [6.07, 6.45) is 1.39. The highest BCUT2D eigenvalue weighted by molar-refractivity contribution is 6.32. The standard InChI is InChI=1S/C18H19ClN6O3/c19-13-3-1-2-4-14(13)25-16(27)12(15(26)21-17(25)28)5-20-18-6-22-9-23(7-18)11-24(8-18)10-22/h1-5,27H,6-11H2,(H,21,26,28). The number of benzene rings is 1. The van der Waals surface area contributed by atoms with E-state index in [-0.39, 0.29) is 21.8 Å². The van der Waals surface area contributed by atoms with Gasteiger partial charge in [0.2, 0.25) is 5.88 Å². The Morgan fingerprint density at radius 1 is 1.07 bits per heavy atom. The summed E-state index contributed by atoms with van der Waals surface area (Å²) >= 11 is 6.17. The molecule has 146 valence electrons. The summed E-state index contributed by atoms with van der Waals surface area (Å²) in [4.78, 5) is 38.6. The molecule has 0 amide bonds. The molecule has 0 atom stereocenters. The van der Waals surface area contributed by atoms with Crippen LogP contribution in [0.3, 0.4) is 0 Å². The molecule has 4 bridgehead atoms. The van der Waals surface area contributed by atoms with Crippen LogP contribution in [0.4, 0.5) is 0 Å². The van der Waals surface area contributed by atoms with Crippen molar-refractivity contribution in [2.75, 3.05) is 39.6 Å². The number of rotatable bonds is 3. The molecule has 0 aliphatic carbocycles. The molecule has 6 rings (SSSR count). The van der Waals surface area contributed by atoms with Crippen LogP contribution in [0.1, 0.15) is 5.56 Å². The third-order valence-corrected chi connectivity index (χ3v) is 5.76. The van der Waals surface area contributed by atoms with E-state index < -0.39 is 17.1 Å². The van der Waals surface area contributed by atoms with Crippen LogP contribution in [0.25, 0.3) is 5.69 Å². The number of nitrogens with one attached hydrogen (secondary N) is 1. The third kappa shape index (κ3) is 2.78. The van der Waals surface area contributed by atoms with Gasteiger partial charge in [-0.25, -0.2) is 9.36 Å². The van der Waals surface area contributed by atoms with Gasteiger partial charge in [-0.2, -0.15) is 0 Å². The summed E-state index contributed by atoms with van der Waals surface area (Å²) in [5.74, 6) is -0.476. The van der Waals surface area contributed by atoms with Crippen LogP contribution in [-0.4, -0.2) is 80.8 Å². The van der Waals surface area contributed by atoms with E-state index in [4.69, 9.17) is 16.6 Å². The molecule has 4 saturated heterocycles. The number of halogens is 1. The third-order valence-electron chi connectivity index (χ3n) is 5.44. The van der Waals surface area contributed by atoms with E-state index in [2.05, 4.69) is 19.7 Å². The first-order chi connectivity index (χ1) is 13.4. The second-order valence-electron chi connectivity index (χ2n) is 7.68. The van der Waals surface area contributed by atoms with Crippen LogP contribution in [0.15, 0.2) is 38.8 Å². The zero-order chi connectivity index (χ0) is 19.5. The zero-order valence-corrected chi connectivity index (χ0v) is 15.8. The molecule has 9 nitrogen and oxygen atoms in total. The smallest absolute Gasteiger partial charge is 0.335 e. The van der Waals surface area contributed by atoms with Crippen LogP contribution in [0.5, 0.6) is 5.88 Å². The molecule has 4 aliphatic rings. The van der Waals surface area contributed by atoms with Gasteiger partial charge in [-0.05, 0) is 12.1 Å². The lowest BCUT2D eigenvalue weighted by Gasteiger charge is -2.59. The first-order valence-electron chi connectivity index (χ1n) is 9.00. The van der Waals surface area contributed by atoms with E-state index in [9.17, 15) is 14.7 Å². The van der Waals surface area contributed by atoms with Gasteiger partial charge in [0.05, 0.1) is 36.3 Å². The normalized spacial score (nSPS) is 31.0. The van der Waals surface area contributed by atoms with Crippen LogP contribution >= 0.6 is 11.6 Å². The van der Waals surface area contributed by atoms with Gasteiger partial charge >= 0.3 is 5.69 Å². The van der Waals surface area contributed by atoms with Crippen LogP contribution < -0.4 is 11.2 Å². The van der Waals surface area contributed by atoms with E-state index in [0.717, 1.165) is 44.2 Å². The summed E-state index contributed by atoms with van der Waals surface area (Å²) < 4.78 is 0.987. The fraction of sp³-hybridized carbons (Fsp3) is 0.389. The van der Waals surface area contributed by atoms with Gasteiger partial charge in [0.15, 0.2) is 0 Å². The van der Waals surface area contributed by atoms with Crippen LogP contribution in [0.2, 0.25) is 5.02 Å². The molecule has 1 aromatic carbocycles. The molecule has 2 aromatic rings. The van der Waals surface area contributed by atoms with E-state index >= 15 is 0 Å². The number of nitrogens with zero attached hydrogens (tertiary/aromatic N) is 5. The minimum Gasteiger partial charge on any atom is -0.493 e. The summed E-state index contributed by atoms with van der Waals surface area (Å²) in [5.41, 5.74) is -1.56. The molecule has 10 heteroatoms. The number of hydrogen-bond acceptors (Lipinski definition) is 7. The van der Waals surface area contributed by atoms with Crippen molar-refractivity contribution in [1.82, 2.24) is 24.3 Å². The second-order valence-corrected chi connectivity index (χ2v) is 8.08. The van der Waals surface area contributed by atoms with Gasteiger partial charge in [0.1, 0.15) is 5.56 Å². The SMILES string of the molecule is O=c1[nH]c(=O)n(-c2ccccc2Cl)c(O)c1C=NC12CN3CN(CN(C3)C1)C2. The van der Waals surface area contributed by atoms with Gasteiger partial charge in [-0.3, -0.25) is 29.5 Å². The fourth-order valence-electron chi connectivity index (χ4n) is 4.52. The van der Waals surface area contributed by atoms with Crippen molar-refractivity contribution >= 4 is 17.8 Å². The number of para-hydroxylation sites is 1. The molecule has 0 unspecified atom stereocenters. The summed E-state index contributed by atoms with van der Waals surface area (Å²) in [6.45, 7) is 5.20. The minimum absolute atomic E-state index is 0.0599. The van der Waals surface area contributed by atoms with Gasteiger partial charge in [-0.15, -0.1) is 0 Å². The molecular formula is C18H19ClN6O3. The summed E-state index contributed by atoms with van der Waals surface area (Å²) in [7, 11) is 0. The lowest BCUT2D eigenvalue weighted by Crippen LogP contribution is -2.75. The maximum atomic E-state index is 12.4. The highest BCUT2D eigenvalue weighted by atomic mass is 35.5. The van der Waals surface area contributed by atoms with Crippen molar-refractivity contribution in [2.45, 2.75) is 5.54 Å². The largest absolute Gasteiger partial charge is 0.493 e. The topological polar surface area (TPSA) is 97.2 Å². The Labute approximate surface area is 165 Å². The highest BCUT2D eigenvalue weighted by Crippen LogP contribution is 2.32. The number of aromatic amines is 1. The first kappa shape index (κ1) is 17.6. The maximum absolute atomic E-state index is 12.4. The minimum atomic E-state index is -0.758. The Balaban J connectivity index is 1.57. The van der Waals surface area contributed by atoms with Crippen molar-refractivity contribution in [2.24, 2.45) is 4.99 Å². The Bertz CT molecular complexity index is 1060. The number of H-pyrrole nitrogens is 1. The Morgan fingerprint density at radius 2 is 1.68 bits per heavy atom. The average Bonchev–Trinajstić information content (AvgIpc) is 2.61. The van der Waals surface area contributed by atoms with Gasteiger partial charge in [0, 0.05) is 25.8 Å². The van der Waals surface area contributed by atoms with Gasteiger partial charge < -0.3 is 5.11 Å². The predicted molar refractivity (Wildman–Crippen MR) is 104 cm³/mol. The van der Waals surface area contributed by atoms with Gasteiger partial charge in [-0.1, -0.05) is 23.7 Å². The molecular weight excluding hydrogens is 384 g/mol. The lowest BCUT2D eigenvalue weighted by atomic mass is 9.92. The molecule has 0 radical (unpaired) electrons. The van der Waals surface area contributed by atoms with E-state index in [1.165, 1.54) is 6.21 Å². The Kier molecular flexibility index (Phi) is 3.95. The molecule has 0 saturated carbocycles. The predicted octanol–water partition coefficient (Wildman–Crippen LogP) is -0.138. The fourth-order valence-corrected chi connectivity index (χ4v) is 4.74. The maximum Gasteiger partial charge on any atom is 0.335 e. The molecule has 28 heavy (non-hydrogen) atoms. The van der Waals surface area contributed by atoms with Crippen molar-refractivity contribution in [3.8, 4) is 11.6 Å². The van der Waals surface area contributed by atoms with Crippen molar-refractivity contribution in [3.63, 3.8) is 0 Å². The van der Waals surface area contributed by atoms with Crippen molar-refractivity contribution in [3.05, 3.63) is 55.7 Å². The van der Waals surface area contributed by atoms with Crippen LogP contribution in [0, 0.1) is 0 Å². The average molecular weight is 403 g/mol. The Morgan fingerprint density at radius 3 is 2.29 bits per heavy atom. The van der Waals surface area contributed by atoms with Crippen molar-refractivity contribution in [1.29, 1.82) is 0 Å². The number of hydrogen-bond donors (Lipinski definition) is 2. The lowest BCUT2D eigenvalue weighted by molar-refractivity contribution is -0.139. The van der Waals surface area contributed by atoms with Gasteiger partial charge in [0.25, 0.3) is 5.56 Å². The first-order valence-corrected chi connectivity index (χ1v) is 9.37. The molecule has 4 fully saturated rings. The van der Waals surface area contributed by atoms with Crippen molar-refractivity contribution < 1.29 is 5.11 Å². The highest BCUT2D eigenvalue weighted by Gasteiger charge is 2.48. The number of aromatic nitrogens is 2. The summed E-state index contributed by atoms with van der Waals surface area (Å²) in [6, 6.07) is 6.61. The monoisotopic (exact) mass is 402 g/mol. The summed E-state index contributed by atoms with van der Waals surface area (Å²) in [5, 5.41) is 11.0. The number of aliphatic imine (C=N–C) groups is 1. The molecule has 4 aliphatic heterocycles. The van der Waals surface area contributed by atoms with E-state index in [0.29, 0.717) is 0 Å². The quantitative estimate of drug-likeness (QED) is 0.694. The number of aromatic hydroxyl groups is 1. The molecule has 2 N–H and O–H groups in total. The van der Waals surface area contributed by atoms with E-state index in [1.807, 2.05) is 0 Å². The second kappa shape index (κ2) is 6.28. The zero-order valence-electron chi connectivity index (χ0n) is 15.0. The Hall–Kier alpha value is -2.46. The molecule has 0 spiro atoms. The molecule has 5 heterocycles.